The van der Waals surface area contributed by atoms with Crippen molar-refractivity contribution in [2.24, 2.45) is 7.05 Å². The van der Waals surface area contributed by atoms with Crippen molar-refractivity contribution >= 4 is 5.82 Å². The number of methoxy groups -OCH3 is 1. The number of pyridine rings is 1. The molecule has 25 heavy (non-hydrogen) atoms. The number of nitrogens with zero attached hydrogens (tertiary/aromatic N) is 6. The van der Waals surface area contributed by atoms with Crippen LogP contribution in [0.5, 0.6) is 0 Å². The smallest absolute Gasteiger partial charge is 0.259 e. The van der Waals surface area contributed by atoms with E-state index in [9.17, 15) is 0 Å². The maximum atomic E-state index is 5.28. The molecule has 0 amide bonds. The molecule has 3 heterocycles. The third-order valence-electron chi connectivity index (χ3n) is 3.88. The number of hydrogen-bond acceptors (Lipinski definition) is 7. The molecule has 8 nitrogen and oxygen atoms in total. The second-order valence-electron chi connectivity index (χ2n) is 5.86. The topological polar surface area (TPSA) is 82.1 Å². The molecule has 3 aromatic rings. The van der Waals surface area contributed by atoms with E-state index in [4.69, 9.17) is 9.26 Å². The normalized spacial score (nSPS) is 11.0. The van der Waals surface area contributed by atoms with Gasteiger partial charge in [-0.25, -0.2) is 4.98 Å². The average molecular weight is 342 g/mol. The highest BCUT2D eigenvalue weighted by atomic mass is 16.5. The Balaban J connectivity index is 1.60. The van der Waals surface area contributed by atoms with Crippen LogP contribution in [0.4, 0.5) is 5.82 Å². The third-order valence-corrected chi connectivity index (χ3v) is 3.88. The van der Waals surface area contributed by atoms with E-state index >= 15 is 0 Å². The summed E-state index contributed by atoms with van der Waals surface area (Å²) in [6.45, 7) is 1.43. The molecule has 3 aromatic heterocycles. The molecule has 0 saturated heterocycles. The van der Waals surface area contributed by atoms with Crippen molar-refractivity contribution in [1.29, 1.82) is 0 Å². The number of likely N-dealkylation sites (N-methyl/N-ethyl adjacent to an activating group) is 1. The van der Waals surface area contributed by atoms with Gasteiger partial charge in [-0.1, -0.05) is 5.16 Å². The van der Waals surface area contributed by atoms with E-state index < -0.39 is 0 Å². The SMILES string of the molecule is COCCc1noc(-c2ccc(N(C)CCc3cnn(C)c3)nc2)n1. The summed E-state index contributed by atoms with van der Waals surface area (Å²) in [5, 5.41) is 8.12. The van der Waals surface area contributed by atoms with Crippen LogP contribution < -0.4 is 4.90 Å². The highest BCUT2D eigenvalue weighted by molar-refractivity contribution is 5.54. The van der Waals surface area contributed by atoms with E-state index in [1.54, 1.807) is 13.3 Å². The first kappa shape index (κ1) is 17.1. The number of aryl methyl sites for hydroxylation is 1. The molecule has 3 rings (SSSR count). The van der Waals surface area contributed by atoms with Crippen LogP contribution in [0.25, 0.3) is 11.5 Å². The van der Waals surface area contributed by atoms with E-state index in [0.29, 0.717) is 24.7 Å². The molecule has 0 saturated carbocycles. The molecule has 0 aliphatic heterocycles. The maximum Gasteiger partial charge on any atom is 0.259 e. The van der Waals surface area contributed by atoms with E-state index in [2.05, 4.69) is 25.1 Å². The fraction of sp³-hybridized carbons (Fsp3) is 0.412. The average Bonchev–Trinajstić information content (AvgIpc) is 3.27. The van der Waals surface area contributed by atoms with Crippen LogP contribution in [0.15, 0.2) is 35.2 Å². The lowest BCUT2D eigenvalue weighted by Gasteiger charge is -2.17. The second kappa shape index (κ2) is 7.89. The van der Waals surface area contributed by atoms with Crippen LogP contribution in [0.1, 0.15) is 11.4 Å². The van der Waals surface area contributed by atoms with Crippen LogP contribution in [0.3, 0.4) is 0 Å². The molecule has 0 aliphatic carbocycles. The number of aromatic nitrogens is 5. The zero-order chi connectivity index (χ0) is 17.6. The Hall–Kier alpha value is -2.74. The Morgan fingerprint density at radius 3 is 2.80 bits per heavy atom. The largest absolute Gasteiger partial charge is 0.384 e. The van der Waals surface area contributed by atoms with E-state index in [0.717, 1.165) is 24.3 Å². The molecule has 0 aliphatic rings. The van der Waals surface area contributed by atoms with Gasteiger partial charge in [-0.3, -0.25) is 4.68 Å². The minimum Gasteiger partial charge on any atom is -0.384 e. The van der Waals surface area contributed by atoms with Gasteiger partial charge in [0.05, 0.1) is 18.4 Å². The summed E-state index contributed by atoms with van der Waals surface area (Å²) in [5.41, 5.74) is 2.01. The Bertz CT molecular complexity index is 796. The number of anilines is 1. The molecule has 0 radical (unpaired) electrons. The van der Waals surface area contributed by atoms with Crippen LogP contribution in [0, 0.1) is 0 Å². The van der Waals surface area contributed by atoms with Gasteiger partial charge in [0, 0.05) is 46.6 Å². The first-order valence-electron chi connectivity index (χ1n) is 8.12. The molecular weight excluding hydrogens is 320 g/mol. The van der Waals surface area contributed by atoms with Gasteiger partial charge in [-0.2, -0.15) is 10.1 Å². The molecule has 8 heteroatoms. The number of hydrogen-bond donors (Lipinski definition) is 0. The van der Waals surface area contributed by atoms with Gasteiger partial charge < -0.3 is 14.2 Å². The summed E-state index contributed by atoms with van der Waals surface area (Å²) in [6, 6.07) is 3.90. The molecule has 0 fully saturated rings. The Morgan fingerprint density at radius 2 is 2.12 bits per heavy atom. The lowest BCUT2D eigenvalue weighted by molar-refractivity contribution is 0.199. The molecular formula is C17H22N6O2. The third kappa shape index (κ3) is 4.42. The van der Waals surface area contributed by atoms with Gasteiger partial charge in [0.15, 0.2) is 5.82 Å². The summed E-state index contributed by atoms with van der Waals surface area (Å²) < 4.78 is 12.1. The van der Waals surface area contributed by atoms with Crippen molar-refractivity contribution in [3.63, 3.8) is 0 Å². The highest BCUT2D eigenvalue weighted by Gasteiger charge is 2.10. The molecule has 132 valence electrons. The van der Waals surface area contributed by atoms with Gasteiger partial charge in [-0.15, -0.1) is 0 Å². The quantitative estimate of drug-likeness (QED) is 0.616. The van der Waals surface area contributed by atoms with E-state index in [1.807, 2.05) is 43.3 Å². The summed E-state index contributed by atoms with van der Waals surface area (Å²) >= 11 is 0. The first-order valence-corrected chi connectivity index (χ1v) is 8.12. The molecule has 0 spiro atoms. The number of rotatable bonds is 8. The highest BCUT2D eigenvalue weighted by Crippen LogP contribution is 2.19. The predicted molar refractivity (Wildman–Crippen MR) is 93.3 cm³/mol. The van der Waals surface area contributed by atoms with Crippen LogP contribution in [0.2, 0.25) is 0 Å². The van der Waals surface area contributed by atoms with Crippen molar-refractivity contribution in [2.75, 3.05) is 32.2 Å². The lowest BCUT2D eigenvalue weighted by atomic mass is 10.2. The lowest BCUT2D eigenvalue weighted by Crippen LogP contribution is -2.21. The van der Waals surface area contributed by atoms with Gasteiger partial charge >= 0.3 is 0 Å². The van der Waals surface area contributed by atoms with Crippen molar-refractivity contribution in [2.45, 2.75) is 12.8 Å². The maximum absolute atomic E-state index is 5.28. The fourth-order valence-electron chi connectivity index (χ4n) is 2.42. The molecule has 0 bridgehead atoms. The fourth-order valence-corrected chi connectivity index (χ4v) is 2.42. The standard InChI is InChI=1S/C17H22N6O2/c1-22(8-6-13-10-19-23(2)12-13)16-5-4-14(11-18-16)17-20-15(21-25-17)7-9-24-3/h4-5,10-12H,6-9H2,1-3H3. The molecule has 0 unspecified atom stereocenters. The summed E-state index contributed by atoms with van der Waals surface area (Å²) in [6.07, 6.45) is 7.22. The summed E-state index contributed by atoms with van der Waals surface area (Å²) in [4.78, 5) is 11.0. The summed E-state index contributed by atoms with van der Waals surface area (Å²) in [5.74, 6) is 2.00. The van der Waals surface area contributed by atoms with Crippen LogP contribution in [-0.4, -0.2) is 52.2 Å². The van der Waals surface area contributed by atoms with Crippen molar-refractivity contribution in [3.8, 4) is 11.5 Å². The van der Waals surface area contributed by atoms with Crippen molar-refractivity contribution < 1.29 is 9.26 Å². The molecule has 0 atom stereocenters. The molecule has 0 N–H and O–H groups in total. The van der Waals surface area contributed by atoms with Crippen LogP contribution in [-0.2, 0) is 24.6 Å². The zero-order valence-corrected chi connectivity index (χ0v) is 14.7. The molecule has 0 aromatic carbocycles. The number of ether oxygens (including phenoxy) is 1. The van der Waals surface area contributed by atoms with Gasteiger partial charge in [0.1, 0.15) is 5.82 Å². The Labute approximate surface area is 146 Å². The summed E-state index contributed by atoms with van der Waals surface area (Å²) in [7, 11) is 5.59. The second-order valence-corrected chi connectivity index (χ2v) is 5.86. The van der Waals surface area contributed by atoms with Gasteiger partial charge in [0.25, 0.3) is 5.89 Å². The Morgan fingerprint density at radius 1 is 1.24 bits per heavy atom. The van der Waals surface area contributed by atoms with Crippen molar-refractivity contribution in [3.05, 3.63) is 42.1 Å². The van der Waals surface area contributed by atoms with Gasteiger partial charge in [0.2, 0.25) is 0 Å². The van der Waals surface area contributed by atoms with Crippen LogP contribution >= 0.6 is 0 Å². The van der Waals surface area contributed by atoms with Crippen molar-refractivity contribution in [1.82, 2.24) is 24.9 Å². The predicted octanol–water partition coefficient (Wildman–Crippen LogP) is 1.73. The minimum atomic E-state index is 0.475. The first-order chi connectivity index (χ1) is 12.2. The Kier molecular flexibility index (Phi) is 5.39. The van der Waals surface area contributed by atoms with E-state index in [-0.39, 0.29) is 0 Å². The monoisotopic (exact) mass is 342 g/mol. The van der Waals surface area contributed by atoms with Gasteiger partial charge in [-0.05, 0) is 24.1 Å². The van der Waals surface area contributed by atoms with E-state index in [1.165, 1.54) is 5.56 Å². The minimum absolute atomic E-state index is 0.475. The zero-order valence-electron chi connectivity index (χ0n) is 14.7.